The van der Waals surface area contributed by atoms with Crippen LogP contribution in [0.4, 0.5) is 5.69 Å². The maximum Gasteiger partial charge on any atom is 0.248 e. The van der Waals surface area contributed by atoms with Gasteiger partial charge in [-0.1, -0.05) is 52.4 Å². The van der Waals surface area contributed by atoms with Crippen molar-refractivity contribution >= 4 is 11.6 Å². The van der Waals surface area contributed by atoms with E-state index >= 15 is 0 Å². The lowest BCUT2D eigenvalue weighted by Gasteiger charge is -2.20. The number of nitrogens with one attached hydrogen (secondary N) is 1. The summed E-state index contributed by atoms with van der Waals surface area (Å²) >= 11 is 0. The molecule has 0 saturated heterocycles. The first kappa shape index (κ1) is 17.5. The second-order valence-corrected chi connectivity index (χ2v) is 5.77. The number of rotatable bonds is 11. The fourth-order valence-electron chi connectivity index (χ4n) is 2.54. The second kappa shape index (κ2) is 10.3. The number of amides is 1. The average molecular weight is 290 g/mol. The molecule has 1 amide bonds. The summed E-state index contributed by atoms with van der Waals surface area (Å²) < 4.78 is 0. The summed E-state index contributed by atoms with van der Waals surface area (Å²) in [5.41, 5.74) is 6.91. The lowest BCUT2D eigenvalue weighted by Crippen LogP contribution is -2.19. The number of benzene rings is 1. The van der Waals surface area contributed by atoms with Crippen molar-refractivity contribution in [2.75, 3.05) is 5.32 Å². The lowest BCUT2D eigenvalue weighted by molar-refractivity contribution is 0.100. The van der Waals surface area contributed by atoms with Gasteiger partial charge >= 0.3 is 0 Å². The van der Waals surface area contributed by atoms with Crippen molar-refractivity contribution in [1.82, 2.24) is 0 Å². The molecule has 3 heteroatoms. The fraction of sp³-hybridized carbons (Fsp3) is 0.611. The Morgan fingerprint density at radius 1 is 1.00 bits per heavy atom. The first-order chi connectivity index (χ1) is 10.2. The molecular formula is C18H30N2O. The zero-order valence-electron chi connectivity index (χ0n) is 13.5. The molecule has 118 valence electrons. The third-order valence-electron chi connectivity index (χ3n) is 3.85. The van der Waals surface area contributed by atoms with Crippen LogP contribution in [0, 0.1) is 0 Å². The van der Waals surface area contributed by atoms with Gasteiger partial charge < -0.3 is 11.1 Å². The predicted octanol–water partition coefficient (Wildman–Crippen LogP) is 4.73. The molecule has 0 saturated carbocycles. The highest BCUT2D eigenvalue weighted by molar-refractivity contribution is 5.93. The number of nitrogens with two attached hydrogens (primary N) is 1. The van der Waals surface area contributed by atoms with E-state index < -0.39 is 0 Å². The molecule has 0 unspecified atom stereocenters. The summed E-state index contributed by atoms with van der Waals surface area (Å²) in [4.78, 5) is 11.1. The molecule has 0 bridgehead atoms. The van der Waals surface area contributed by atoms with Crippen LogP contribution in [0.3, 0.4) is 0 Å². The van der Waals surface area contributed by atoms with E-state index in [0.29, 0.717) is 11.6 Å². The minimum absolute atomic E-state index is 0.371. The quantitative estimate of drug-likeness (QED) is 0.579. The number of unbranched alkanes of at least 4 members (excludes halogenated alkanes) is 4. The average Bonchev–Trinajstić information content (AvgIpc) is 2.48. The molecule has 3 nitrogen and oxygen atoms in total. The number of primary amides is 1. The van der Waals surface area contributed by atoms with Crippen LogP contribution in [0.2, 0.25) is 0 Å². The molecule has 21 heavy (non-hydrogen) atoms. The minimum Gasteiger partial charge on any atom is -0.382 e. The van der Waals surface area contributed by atoms with E-state index in [1.165, 1.54) is 51.4 Å². The van der Waals surface area contributed by atoms with Crippen molar-refractivity contribution in [1.29, 1.82) is 0 Å². The van der Waals surface area contributed by atoms with Gasteiger partial charge in [0.1, 0.15) is 0 Å². The SMILES string of the molecule is CCCCCC(CCCCC)Nc1ccc(C(N)=O)cc1. The Balaban J connectivity index is 2.54. The molecule has 0 aliphatic rings. The van der Waals surface area contributed by atoms with E-state index in [9.17, 15) is 4.79 Å². The van der Waals surface area contributed by atoms with Gasteiger partial charge in [0.25, 0.3) is 0 Å². The summed E-state index contributed by atoms with van der Waals surface area (Å²) in [7, 11) is 0. The molecule has 0 radical (unpaired) electrons. The Bertz CT molecular complexity index is 390. The van der Waals surface area contributed by atoms with Crippen molar-refractivity contribution in [3.05, 3.63) is 29.8 Å². The first-order valence-corrected chi connectivity index (χ1v) is 8.33. The third-order valence-corrected chi connectivity index (χ3v) is 3.85. The molecule has 0 aliphatic carbocycles. The van der Waals surface area contributed by atoms with Gasteiger partial charge in [-0.05, 0) is 37.1 Å². The number of anilines is 1. The highest BCUT2D eigenvalue weighted by atomic mass is 16.1. The molecule has 0 spiro atoms. The van der Waals surface area contributed by atoms with E-state index in [0.717, 1.165) is 5.69 Å². The zero-order chi connectivity index (χ0) is 15.5. The van der Waals surface area contributed by atoms with Gasteiger partial charge in [0, 0.05) is 17.3 Å². The Labute approximate surface area is 129 Å². The molecule has 0 fully saturated rings. The van der Waals surface area contributed by atoms with Crippen molar-refractivity contribution in [3.8, 4) is 0 Å². The maximum absolute atomic E-state index is 11.1. The van der Waals surface area contributed by atoms with Crippen LogP contribution in [0.15, 0.2) is 24.3 Å². The van der Waals surface area contributed by atoms with E-state index in [2.05, 4.69) is 19.2 Å². The summed E-state index contributed by atoms with van der Waals surface area (Å²) in [6.07, 6.45) is 10.1. The highest BCUT2D eigenvalue weighted by Crippen LogP contribution is 2.17. The zero-order valence-corrected chi connectivity index (χ0v) is 13.5. The molecular weight excluding hydrogens is 260 g/mol. The van der Waals surface area contributed by atoms with Gasteiger partial charge in [-0.25, -0.2) is 0 Å². The van der Waals surface area contributed by atoms with Gasteiger partial charge in [-0.3, -0.25) is 4.79 Å². The fourth-order valence-corrected chi connectivity index (χ4v) is 2.54. The molecule has 1 aromatic carbocycles. The summed E-state index contributed by atoms with van der Waals surface area (Å²) in [5, 5.41) is 3.61. The Morgan fingerprint density at radius 2 is 1.52 bits per heavy atom. The van der Waals surface area contributed by atoms with Gasteiger partial charge in [-0.15, -0.1) is 0 Å². The number of carbonyl (C=O) groups excluding carboxylic acids is 1. The molecule has 3 N–H and O–H groups in total. The van der Waals surface area contributed by atoms with Crippen molar-refractivity contribution in [3.63, 3.8) is 0 Å². The van der Waals surface area contributed by atoms with Gasteiger partial charge in [-0.2, -0.15) is 0 Å². The number of hydrogen-bond donors (Lipinski definition) is 2. The molecule has 0 aromatic heterocycles. The van der Waals surface area contributed by atoms with E-state index in [-0.39, 0.29) is 5.91 Å². The third kappa shape index (κ3) is 7.16. The Morgan fingerprint density at radius 3 is 1.95 bits per heavy atom. The van der Waals surface area contributed by atoms with Crippen LogP contribution in [0.25, 0.3) is 0 Å². The van der Waals surface area contributed by atoms with Crippen LogP contribution < -0.4 is 11.1 Å². The Hall–Kier alpha value is -1.51. The maximum atomic E-state index is 11.1. The van der Waals surface area contributed by atoms with E-state index in [1.807, 2.05) is 12.1 Å². The van der Waals surface area contributed by atoms with Crippen molar-refractivity contribution in [2.45, 2.75) is 71.3 Å². The molecule has 0 heterocycles. The largest absolute Gasteiger partial charge is 0.382 e. The summed E-state index contributed by atoms with van der Waals surface area (Å²) in [6.45, 7) is 4.48. The molecule has 0 atom stereocenters. The first-order valence-electron chi connectivity index (χ1n) is 8.33. The smallest absolute Gasteiger partial charge is 0.248 e. The van der Waals surface area contributed by atoms with Gasteiger partial charge in [0.05, 0.1) is 0 Å². The predicted molar refractivity (Wildman–Crippen MR) is 90.7 cm³/mol. The van der Waals surface area contributed by atoms with Gasteiger partial charge in [0.15, 0.2) is 0 Å². The van der Waals surface area contributed by atoms with Crippen molar-refractivity contribution in [2.24, 2.45) is 5.73 Å². The van der Waals surface area contributed by atoms with E-state index in [4.69, 9.17) is 5.73 Å². The normalized spacial score (nSPS) is 10.8. The minimum atomic E-state index is -0.371. The standard InChI is InChI=1S/C18H30N2O/c1-3-5-7-9-16(10-8-6-4-2)20-17-13-11-15(12-14-17)18(19)21/h11-14,16,20H,3-10H2,1-2H3,(H2,19,21). The Kier molecular flexibility index (Phi) is 8.56. The molecule has 1 aromatic rings. The van der Waals surface area contributed by atoms with Gasteiger partial charge in [0.2, 0.25) is 5.91 Å². The van der Waals surface area contributed by atoms with Crippen LogP contribution >= 0.6 is 0 Å². The van der Waals surface area contributed by atoms with E-state index in [1.54, 1.807) is 12.1 Å². The van der Waals surface area contributed by atoms with Crippen LogP contribution in [-0.2, 0) is 0 Å². The highest BCUT2D eigenvalue weighted by Gasteiger charge is 2.08. The van der Waals surface area contributed by atoms with Crippen LogP contribution in [0.5, 0.6) is 0 Å². The molecule has 1 rings (SSSR count). The topological polar surface area (TPSA) is 55.1 Å². The summed E-state index contributed by atoms with van der Waals surface area (Å²) in [6, 6.07) is 8.02. The van der Waals surface area contributed by atoms with Crippen LogP contribution in [-0.4, -0.2) is 11.9 Å². The second-order valence-electron chi connectivity index (χ2n) is 5.77. The monoisotopic (exact) mass is 290 g/mol. The molecule has 0 aliphatic heterocycles. The number of hydrogen-bond acceptors (Lipinski definition) is 2. The van der Waals surface area contributed by atoms with Crippen LogP contribution in [0.1, 0.15) is 75.6 Å². The lowest BCUT2D eigenvalue weighted by atomic mass is 10.0. The van der Waals surface area contributed by atoms with Crippen molar-refractivity contribution < 1.29 is 4.79 Å². The number of carbonyl (C=O) groups is 1. The summed E-state index contributed by atoms with van der Waals surface area (Å²) in [5.74, 6) is -0.371.